The predicted molar refractivity (Wildman–Crippen MR) is 86.0 cm³/mol. The second-order valence-corrected chi connectivity index (χ2v) is 5.60. The monoisotopic (exact) mass is 325 g/mol. The first-order chi connectivity index (χ1) is 10.0. The molecule has 0 radical (unpaired) electrons. The van der Waals surface area contributed by atoms with Crippen LogP contribution in [0.3, 0.4) is 0 Å². The molecule has 0 N–H and O–H groups in total. The van der Waals surface area contributed by atoms with E-state index in [1.165, 1.54) is 0 Å². The zero-order valence-corrected chi connectivity index (χ0v) is 13.6. The normalized spacial score (nSPS) is 10.7. The first-order valence-corrected chi connectivity index (χ1v) is 7.42. The van der Waals surface area contributed by atoms with Crippen molar-refractivity contribution in [2.45, 2.75) is 19.8 Å². The highest BCUT2D eigenvalue weighted by Gasteiger charge is 2.14. The van der Waals surface area contributed by atoms with Gasteiger partial charge in [-0.15, -0.1) is 5.10 Å². The predicted octanol–water partition coefficient (Wildman–Crippen LogP) is 4.52. The van der Waals surface area contributed by atoms with Crippen LogP contribution in [0, 0.1) is 0 Å². The van der Waals surface area contributed by atoms with Gasteiger partial charge in [0.1, 0.15) is 6.61 Å². The van der Waals surface area contributed by atoms with Crippen LogP contribution in [0.25, 0.3) is 11.4 Å². The van der Waals surface area contributed by atoms with Gasteiger partial charge in [0.2, 0.25) is 0 Å². The lowest BCUT2D eigenvalue weighted by Crippen LogP contribution is -2.01. The molecule has 0 saturated heterocycles. The Morgan fingerprint density at radius 1 is 1.38 bits per heavy atom. The van der Waals surface area contributed by atoms with Crippen molar-refractivity contribution in [3.05, 3.63) is 40.4 Å². The fourth-order valence-electron chi connectivity index (χ4n) is 1.92. The van der Waals surface area contributed by atoms with Gasteiger partial charge >= 0.3 is 6.01 Å². The lowest BCUT2D eigenvalue weighted by atomic mass is 10.2. The number of aryl methyl sites for hydroxylation is 1. The van der Waals surface area contributed by atoms with Crippen LogP contribution in [0.2, 0.25) is 10.0 Å². The third kappa shape index (κ3) is 3.99. The van der Waals surface area contributed by atoms with Gasteiger partial charge in [-0.3, -0.25) is 0 Å². The Balaban J connectivity index is 2.17. The fourth-order valence-corrected chi connectivity index (χ4v) is 2.41. The lowest BCUT2D eigenvalue weighted by molar-refractivity contribution is 0.318. The summed E-state index contributed by atoms with van der Waals surface area (Å²) in [5, 5.41) is 5.34. The van der Waals surface area contributed by atoms with Crippen LogP contribution in [0.15, 0.2) is 30.4 Å². The first-order valence-electron chi connectivity index (χ1n) is 6.67. The van der Waals surface area contributed by atoms with Gasteiger partial charge in [0, 0.05) is 17.6 Å². The molecule has 0 atom stereocenters. The Morgan fingerprint density at radius 3 is 2.81 bits per heavy atom. The molecule has 0 fully saturated rings. The van der Waals surface area contributed by atoms with Crippen molar-refractivity contribution in [3.63, 3.8) is 0 Å². The molecule has 0 amide bonds. The molecule has 0 bridgehead atoms. The molecule has 2 rings (SSSR count). The molecule has 2 aromatic rings. The molecule has 4 nitrogen and oxygen atoms in total. The molecule has 0 aliphatic heterocycles. The molecule has 1 aromatic carbocycles. The van der Waals surface area contributed by atoms with E-state index in [1.807, 2.05) is 6.07 Å². The fraction of sp³-hybridized carbons (Fsp3) is 0.333. The van der Waals surface area contributed by atoms with Crippen molar-refractivity contribution in [3.8, 4) is 17.4 Å². The summed E-state index contributed by atoms with van der Waals surface area (Å²) in [5.74, 6) is 0.632. The Labute approximate surface area is 134 Å². The zero-order chi connectivity index (χ0) is 15.4. The van der Waals surface area contributed by atoms with E-state index in [2.05, 4.69) is 23.6 Å². The molecule has 21 heavy (non-hydrogen) atoms. The second-order valence-electron chi connectivity index (χ2n) is 4.75. The smallest absolute Gasteiger partial charge is 0.336 e. The maximum absolute atomic E-state index is 6.19. The Morgan fingerprint density at radius 2 is 2.14 bits per heavy atom. The minimum Gasteiger partial charge on any atom is -0.458 e. The highest BCUT2D eigenvalue weighted by atomic mass is 35.5. The van der Waals surface area contributed by atoms with Gasteiger partial charge in [-0.05, 0) is 30.2 Å². The average Bonchev–Trinajstić information content (AvgIpc) is 2.78. The van der Waals surface area contributed by atoms with Gasteiger partial charge < -0.3 is 4.74 Å². The summed E-state index contributed by atoms with van der Waals surface area (Å²) in [4.78, 5) is 4.36. The summed E-state index contributed by atoms with van der Waals surface area (Å²) < 4.78 is 7.19. The number of aromatic nitrogens is 3. The molecule has 1 heterocycles. The second kappa shape index (κ2) is 6.96. The Bertz CT molecular complexity index is 652. The highest BCUT2D eigenvalue weighted by molar-refractivity contribution is 6.36. The summed E-state index contributed by atoms with van der Waals surface area (Å²) in [5.41, 5.74) is 1.79. The first kappa shape index (κ1) is 15.9. The van der Waals surface area contributed by atoms with Crippen LogP contribution in [-0.2, 0) is 7.05 Å². The number of rotatable bonds is 6. The summed E-state index contributed by atoms with van der Waals surface area (Å²) >= 11 is 12.1. The van der Waals surface area contributed by atoms with E-state index in [-0.39, 0.29) is 0 Å². The SMILES string of the molecule is C=C(CCC)COc1nc(-c2ccc(Cl)cc2Cl)n(C)n1. The molecule has 112 valence electrons. The van der Waals surface area contributed by atoms with Crippen molar-refractivity contribution >= 4 is 23.2 Å². The van der Waals surface area contributed by atoms with Gasteiger partial charge in [0.05, 0.1) is 5.02 Å². The molecule has 1 aromatic heterocycles. The molecular formula is C15H17Cl2N3O. The zero-order valence-electron chi connectivity index (χ0n) is 12.1. The van der Waals surface area contributed by atoms with Gasteiger partial charge in [-0.25, -0.2) is 4.68 Å². The van der Waals surface area contributed by atoms with E-state index in [9.17, 15) is 0 Å². The van der Waals surface area contributed by atoms with Crippen LogP contribution in [-0.4, -0.2) is 21.4 Å². The topological polar surface area (TPSA) is 39.9 Å². The van der Waals surface area contributed by atoms with E-state index in [1.54, 1.807) is 23.9 Å². The van der Waals surface area contributed by atoms with E-state index in [4.69, 9.17) is 27.9 Å². The van der Waals surface area contributed by atoms with Crippen molar-refractivity contribution < 1.29 is 4.74 Å². The molecule has 0 unspecified atom stereocenters. The number of halogens is 2. The third-order valence-corrected chi connectivity index (χ3v) is 3.47. The number of hydrogen-bond donors (Lipinski definition) is 0. The molecule has 0 aliphatic carbocycles. The summed E-state index contributed by atoms with van der Waals surface area (Å²) in [6, 6.07) is 5.57. The van der Waals surface area contributed by atoms with Crippen LogP contribution in [0.5, 0.6) is 6.01 Å². The van der Waals surface area contributed by atoms with Crippen molar-refractivity contribution in [2.75, 3.05) is 6.61 Å². The number of hydrogen-bond acceptors (Lipinski definition) is 3. The van der Waals surface area contributed by atoms with Crippen LogP contribution in [0.4, 0.5) is 0 Å². The van der Waals surface area contributed by atoms with Crippen molar-refractivity contribution in [1.82, 2.24) is 14.8 Å². The van der Waals surface area contributed by atoms with Gasteiger partial charge in [-0.1, -0.05) is 43.1 Å². The van der Waals surface area contributed by atoms with E-state index in [0.29, 0.717) is 28.5 Å². The number of benzene rings is 1. The number of ether oxygens (including phenoxy) is 1. The van der Waals surface area contributed by atoms with Crippen LogP contribution >= 0.6 is 23.2 Å². The quantitative estimate of drug-likeness (QED) is 0.733. The molecule has 0 aliphatic rings. The van der Waals surface area contributed by atoms with Gasteiger partial charge in [-0.2, -0.15) is 4.98 Å². The molecule has 0 spiro atoms. The van der Waals surface area contributed by atoms with Crippen molar-refractivity contribution in [1.29, 1.82) is 0 Å². The Kier molecular flexibility index (Phi) is 5.26. The Hall–Kier alpha value is -1.52. The van der Waals surface area contributed by atoms with E-state index >= 15 is 0 Å². The maximum Gasteiger partial charge on any atom is 0.336 e. The summed E-state index contributed by atoms with van der Waals surface area (Å²) in [6.45, 7) is 6.47. The number of nitrogens with zero attached hydrogens (tertiary/aromatic N) is 3. The van der Waals surface area contributed by atoms with E-state index < -0.39 is 0 Å². The lowest BCUT2D eigenvalue weighted by Gasteiger charge is -2.03. The van der Waals surface area contributed by atoms with Crippen LogP contribution < -0.4 is 4.74 Å². The van der Waals surface area contributed by atoms with Crippen LogP contribution in [0.1, 0.15) is 19.8 Å². The maximum atomic E-state index is 6.19. The minimum atomic E-state index is 0.316. The third-order valence-electron chi connectivity index (χ3n) is 2.92. The highest BCUT2D eigenvalue weighted by Crippen LogP contribution is 2.29. The van der Waals surface area contributed by atoms with Crippen molar-refractivity contribution in [2.24, 2.45) is 7.05 Å². The summed E-state index contributed by atoms with van der Waals surface area (Å²) in [6.07, 6.45) is 1.98. The molecule has 6 heteroatoms. The van der Waals surface area contributed by atoms with Gasteiger partial charge in [0.15, 0.2) is 5.82 Å². The standard InChI is InChI=1S/C15H17Cl2N3O/c1-4-5-10(2)9-21-15-18-14(20(3)19-15)12-7-6-11(16)8-13(12)17/h6-8H,2,4-5,9H2,1,3H3. The average molecular weight is 326 g/mol. The summed E-state index contributed by atoms with van der Waals surface area (Å²) in [7, 11) is 1.79. The van der Waals surface area contributed by atoms with E-state index in [0.717, 1.165) is 24.0 Å². The van der Waals surface area contributed by atoms with Gasteiger partial charge in [0.25, 0.3) is 0 Å². The molecular weight excluding hydrogens is 309 g/mol. The molecule has 0 saturated carbocycles. The minimum absolute atomic E-state index is 0.316. The largest absolute Gasteiger partial charge is 0.458 e.